The van der Waals surface area contributed by atoms with E-state index in [9.17, 15) is 4.79 Å². The molecule has 0 saturated heterocycles. The number of aryl methyl sites for hydroxylation is 2. The summed E-state index contributed by atoms with van der Waals surface area (Å²) in [5.41, 5.74) is 8.21. The van der Waals surface area contributed by atoms with Crippen molar-refractivity contribution >= 4 is 6.08 Å². The maximum absolute atomic E-state index is 12.1. The lowest BCUT2D eigenvalue weighted by molar-refractivity contribution is 0.820. The molecule has 0 fully saturated rings. The predicted octanol–water partition coefficient (Wildman–Crippen LogP) is 1.46. The molecule has 0 aliphatic rings. The second kappa shape index (κ2) is 5.06. The fraction of sp³-hybridized carbons (Fsp3) is 0.214. The summed E-state index contributed by atoms with van der Waals surface area (Å²) in [6.07, 6.45) is 5.64. The van der Waals surface area contributed by atoms with Crippen LogP contribution in [0.4, 0.5) is 0 Å². The van der Waals surface area contributed by atoms with Crippen LogP contribution >= 0.6 is 0 Å². The molecule has 4 nitrogen and oxygen atoms in total. The van der Waals surface area contributed by atoms with Crippen molar-refractivity contribution in [2.75, 3.05) is 6.54 Å². The molecule has 0 radical (unpaired) electrons. The third kappa shape index (κ3) is 2.15. The lowest BCUT2D eigenvalue weighted by atomic mass is 10.1. The summed E-state index contributed by atoms with van der Waals surface area (Å²) < 4.78 is 3.29. The Bertz CT molecular complexity index is 635. The lowest BCUT2D eigenvalue weighted by Crippen LogP contribution is -2.21. The minimum absolute atomic E-state index is 0.0406. The molecule has 0 aliphatic carbocycles. The average Bonchev–Trinajstić information content (AvgIpc) is 2.61. The summed E-state index contributed by atoms with van der Waals surface area (Å²) in [5.74, 6) is 0. The second-order valence-corrected chi connectivity index (χ2v) is 4.20. The van der Waals surface area contributed by atoms with Crippen molar-refractivity contribution in [1.29, 1.82) is 0 Å². The van der Waals surface area contributed by atoms with Crippen LogP contribution < -0.4 is 11.4 Å². The third-order valence-corrected chi connectivity index (χ3v) is 2.84. The first-order valence-electron chi connectivity index (χ1n) is 5.86. The first-order chi connectivity index (χ1) is 8.65. The van der Waals surface area contributed by atoms with E-state index in [4.69, 9.17) is 5.73 Å². The molecule has 0 bridgehead atoms. The molecule has 0 amide bonds. The smallest absolute Gasteiger partial charge is 0.327 e. The van der Waals surface area contributed by atoms with Crippen LogP contribution in [-0.2, 0) is 7.05 Å². The number of rotatable bonds is 3. The van der Waals surface area contributed by atoms with Gasteiger partial charge in [0.15, 0.2) is 0 Å². The predicted molar refractivity (Wildman–Crippen MR) is 73.8 cm³/mol. The van der Waals surface area contributed by atoms with Crippen molar-refractivity contribution in [2.24, 2.45) is 12.8 Å². The number of nitrogens with zero attached hydrogens (tertiary/aromatic N) is 2. The standard InChI is InChI=1S/C14H17N3O/c1-11-10-16(2)14(18)17(11)13-8-4-3-6-12(13)7-5-9-15/h3-8,10H,9,15H2,1-2H3/b7-5+. The van der Waals surface area contributed by atoms with Crippen LogP contribution in [0.1, 0.15) is 11.3 Å². The highest BCUT2D eigenvalue weighted by molar-refractivity contribution is 5.61. The van der Waals surface area contributed by atoms with Gasteiger partial charge in [-0.2, -0.15) is 0 Å². The van der Waals surface area contributed by atoms with Gasteiger partial charge in [-0.25, -0.2) is 4.79 Å². The van der Waals surface area contributed by atoms with Gasteiger partial charge < -0.3 is 10.3 Å². The highest BCUT2D eigenvalue weighted by Gasteiger charge is 2.09. The Morgan fingerprint density at radius 1 is 1.33 bits per heavy atom. The highest BCUT2D eigenvalue weighted by atomic mass is 16.1. The van der Waals surface area contributed by atoms with E-state index in [0.717, 1.165) is 16.9 Å². The van der Waals surface area contributed by atoms with Gasteiger partial charge >= 0.3 is 5.69 Å². The van der Waals surface area contributed by atoms with E-state index in [1.165, 1.54) is 0 Å². The zero-order valence-electron chi connectivity index (χ0n) is 10.6. The first-order valence-corrected chi connectivity index (χ1v) is 5.86. The number of benzene rings is 1. The Labute approximate surface area is 106 Å². The van der Waals surface area contributed by atoms with Gasteiger partial charge in [-0.3, -0.25) is 4.57 Å². The molecule has 18 heavy (non-hydrogen) atoms. The summed E-state index contributed by atoms with van der Waals surface area (Å²) >= 11 is 0. The minimum Gasteiger partial charge on any atom is -0.327 e. The molecule has 2 rings (SSSR count). The average molecular weight is 243 g/mol. The number of imidazole rings is 1. The fourth-order valence-corrected chi connectivity index (χ4v) is 2.02. The van der Waals surface area contributed by atoms with Gasteiger partial charge in [0.1, 0.15) is 0 Å². The Hall–Kier alpha value is -2.07. The molecule has 1 aromatic carbocycles. The van der Waals surface area contributed by atoms with E-state index in [2.05, 4.69) is 0 Å². The van der Waals surface area contributed by atoms with Gasteiger partial charge in [-0.05, 0) is 18.6 Å². The van der Waals surface area contributed by atoms with Crippen molar-refractivity contribution in [3.8, 4) is 5.69 Å². The zero-order chi connectivity index (χ0) is 13.1. The topological polar surface area (TPSA) is 53.0 Å². The molecule has 0 spiro atoms. The molecular formula is C14H17N3O. The van der Waals surface area contributed by atoms with Crippen LogP contribution in [0.25, 0.3) is 11.8 Å². The van der Waals surface area contributed by atoms with Gasteiger partial charge in [-0.1, -0.05) is 30.4 Å². The van der Waals surface area contributed by atoms with Gasteiger partial charge in [0.25, 0.3) is 0 Å². The van der Waals surface area contributed by atoms with Gasteiger partial charge in [0.05, 0.1) is 5.69 Å². The Morgan fingerprint density at radius 2 is 2.06 bits per heavy atom. The molecule has 4 heteroatoms. The van der Waals surface area contributed by atoms with Crippen molar-refractivity contribution in [1.82, 2.24) is 9.13 Å². The Balaban J connectivity index is 2.64. The second-order valence-electron chi connectivity index (χ2n) is 4.20. The van der Waals surface area contributed by atoms with Crippen molar-refractivity contribution < 1.29 is 0 Å². The monoisotopic (exact) mass is 243 g/mol. The number of hydrogen-bond acceptors (Lipinski definition) is 2. The summed E-state index contributed by atoms with van der Waals surface area (Å²) in [6.45, 7) is 2.40. The van der Waals surface area contributed by atoms with Gasteiger partial charge in [0, 0.05) is 25.5 Å². The van der Waals surface area contributed by atoms with E-state index >= 15 is 0 Å². The molecule has 2 aromatic rings. The molecule has 1 aromatic heterocycles. The lowest BCUT2D eigenvalue weighted by Gasteiger charge is -2.08. The summed E-state index contributed by atoms with van der Waals surface area (Å²) in [7, 11) is 1.75. The maximum atomic E-state index is 12.1. The summed E-state index contributed by atoms with van der Waals surface area (Å²) in [6, 6.07) is 7.78. The van der Waals surface area contributed by atoms with Gasteiger partial charge in [-0.15, -0.1) is 0 Å². The molecule has 94 valence electrons. The number of aromatic nitrogens is 2. The van der Waals surface area contributed by atoms with Crippen LogP contribution in [0.5, 0.6) is 0 Å². The summed E-state index contributed by atoms with van der Waals surface area (Å²) in [5, 5.41) is 0. The van der Waals surface area contributed by atoms with Crippen LogP contribution in [0.2, 0.25) is 0 Å². The largest absolute Gasteiger partial charge is 0.332 e. The quantitative estimate of drug-likeness (QED) is 0.887. The normalized spacial score (nSPS) is 11.3. The fourth-order valence-electron chi connectivity index (χ4n) is 2.02. The Morgan fingerprint density at radius 3 is 2.67 bits per heavy atom. The zero-order valence-corrected chi connectivity index (χ0v) is 10.6. The molecule has 2 N–H and O–H groups in total. The molecule has 0 aliphatic heterocycles. The number of para-hydroxylation sites is 1. The number of hydrogen-bond donors (Lipinski definition) is 1. The van der Waals surface area contributed by atoms with Crippen LogP contribution in [0.15, 0.2) is 41.3 Å². The highest BCUT2D eigenvalue weighted by Crippen LogP contribution is 2.16. The minimum atomic E-state index is -0.0406. The van der Waals surface area contributed by atoms with Crippen LogP contribution in [0, 0.1) is 6.92 Å². The van der Waals surface area contributed by atoms with E-state index in [1.807, 2.05) is 49.5 Å². The Kier molecular flexibility index (Phi) is 3.48. The van der Waals surface area contributed by atoms with Crippen LogP contribution in [0.3, 0.4) is 0 Å². The molecule has 1 heterocycles. The molecule has 0 unspecified atom stereocenters. The van der Waals surface area contributed by atoms with Crippen molar-refractivity contribution in [3.63, 3.8) is 0 Å². The molecule has 0 saturated carbocycles. The van der Waals surface area contributed by atoms with E-state index in [-0.39, 0.29) is 5.69 Å². The van der Waals surface area contributed by atoms with E-state index in [0.29, 0.717) is 6.54 Å². The first kappa shape index (κ1) is 12.4. The summed E-state index contributed by atoms with van der Waals surface area (Å²) in [4.78, 5) is 12.1. The maximum Gasteiger partial charge on any atom is 0.332 e. The van der Waals surface area contributed by atoms with E-state index in [1.54, 1.807) is 16.2 Å². The van der Waals surface area contributed by atoms with E-state index < -0.39 is 0 Å². The third-order valence-electron chi connectivity index (χ3n) is 2.84. The van der Waals surface area contributed by atoms with Gasteiger partial charge in [0.2, 0.25) is 0 Å². The van der Waals surface area contributed by atoms with Crippen LogP contribution in [-0.4, -0.2) is 15.7 Å². The van der Waals surface area contributed by atoms with Crippen molar-refractivity contribution in [3.05, 3.63) is 58.3 Å². The SMILES string of the molecule is Cc1cn(C)c(=O)n1-c1ccccc1/C=C/CN. The van der Waals surface area contributed by atoms with Crippen molar-refractivity contribution in [2.45, 2.75) is 6.92 Å². The molecule has 0 atom stereocenters. The number of nitrogens with two attached hydrogens (primary N) is 1. The molecular weight excluding hydrogens is 226 g/mol.